The number of hydrogen-bond acceptors (Lipinski definition) is 5. The van der Waals surface area contributed by atoms with Gasteiger partial charge in [-0.3, -0.25) is 4.55 Å². The average Bonchev–Trinajstić information content (AvgIpc) is 2.37. The second-order valence-electron chi connectivity index (χ2n) is 3.63. The van der Waals surface area contributed by atoms with E-state index in [0.717, 1.165) is 11.4 Å². The van der Waals surface area contributed by atoms with Crippen LogP contribution in [0.15, 0.2) is 24.3 Å². The molecule has 0 aromatic heterocycles. The highest BCUT2D eigenvalue weighted by Gasteiger charge is 2.44. The molecule has 0 radical (unpaired) electrons. The van der Waals surface area contributed by atoms with Gasteiger partial charge in [0.05, 0.1) is 12.3 Å². The van der Waals surface area contributed by atoms with Gasteiger partial charge in [-0.25, -0.2) is 5.43 Å². The first kappa shape index (κ1) is 19.5. The van der Waals surface area contributed by atoms with E-state index in [1.807, 2.05) is 50.3 Å². The summed E-state index contributed by atoms with van der Waals surface area (Å²) in [5.41, 5.74) is -1.39. The van der Waals surface area contributed by atoms with Crippen LogP contribution in [-0.2, 0) is 10.1 Å². The molecule has 1 aromatic rings. The Morgan fingerprint density at radius 2 is 1.71 bits per heavy atom. The van der Waals surface area contributed by atoms with E-state index >= 15 is 0 Å². The zero-order chi connectivity index (χ0) is 16.7. The van der Waals surface area contributed by atoms with Crippen LogP contribution in [0.5, 0.6) is 5.75 Å². The van der Waals surface area contributed by atoms with Crippen LogP contribution in [0.1, 0.15) is 6.92 Å². The third kappa shape index (κ3) is 7.16. The third-order valence-corrected chi connectivity index (χ3v) is 2.75. The van der Waals surface area contributed by atoms with Crippen molar-refractivity contribution in [2.75, 3.05) is 25.7 Å². The van der Waals surface area contributed by atoms with Gasteiger partial charge < -0.3 is 9.75 Å². The largest absolute Gasteiger partial charge is 0.522 e. The second-order valence-corrected chi connectivity index (χ2v) is 5.04. The standard InChI is InChI=1S/C10H16N2O.CHF3O3S/c1-4-13-10-7-5-9(6-8-10)12(3)11-2;2-1(3,4)8(5,6)7/h5-8,11H,4H2,1-3H3;(H,5,6,7). The summed E-state index contributed by atoms with van der Waals surface area (Å²) in [6.45, 7) is 2.69. The van der Waals surface area contributed by atoms with E-state index in [2.05, 4.69) is 5.43 Å². The third-order valence-electron chi connectivity index (χ3n) is 2.16. The molecule has 0 heterocycles. The van der Waals surface area contributed by atoms with Crippen molar-refractivity contribution < 1.29 is 30.9 Å². The number of hydrazine groups is 1. The number of nitrogens with zero attached hydrogens (tertiary/aromatic N) is 1. The minimum absolute atomic E-state index is 0.710. The fraction of sp³-hybridized carbons (Fsp3) is 0.455. The number of hydrogen-bond donors (Lipinski definition) is 2. The quantitative estimate of drug-likeness (QED) is 0.500. The molecule has 1 aromatic carbocycles. The predicted octanol–water partition coefficient (Wildman–Crippen LogP) is 2.05. The molecule has 0 unspecified atom stereocenters. The van der Waals surface area contributed by atoms with Gasteiger partial charge in [-0.1, -0.05) is 0 Å². The van der Waals surface area contributed by atoms with Gasteiger partial charge in [0.15, 0.2) is 0 Å². The molecule has 2 N–H and O–H groups in total. The first-order valence-electron chi connectivity index (χ1n) is 5.70. The van der Waals surface area contributed by atoms with E-state index < -0.39 is 15.6 Å². The maximum Gasteiger partial charge on any atom is 0.522 e. The van der Waals surface area contributed by atoms with Crippen LogP contribution in [-0.4, -0.2) is 39.2 Å². The number of nitrogens with one attached hydrogen (secondary N) is 1. The molecule has 0 atom stereocenters. The zero-order valence-electron chi connectivity index (χ0n) is 11.7. The Morgan fingerprint density at radius 3 is 2.00 bits per heavy atom. The van der Waals surface area contributed by atoms with Gasteiger partial charge >= 0.3 is 15.6 Å². The summed E-state index contributed by atoms with van der Waals surface area (Å²) >= 11 is 0. The number of ether oxygens (including phenoxy) is 1. The summed E-state index contributed by atoms with van der Waals surface area (Å²) < 4.78 is 62.9. The lowest BCUT2D eigenvalue weighted by Crippen LogP contribution is -2.30. The Balaban J connectivity index is 0.000000433. The minimum atomic E-state index is -5.84. The molecule has 0 fully saturated rings. The van der Waals surface area contributed by atoms with Gasteiger partial charge in [-0.15, -0.1) is 0 Å². The van der Waals surface area contributed by atoms with Crippen molar-refractivity contribution in [1.82, 2.24) is 5.43 Å². The molecule has 0 bridgehead atoms. The van der Waals surface area contributed by atoms with Gasteiger partial charge in [0, 0.05) is 14.1 Å². The zero-order valence-corrected chi connectivity index (χ0v) is 12.5. The molecule has 21 heavy (non-hydrogen) atoms. The Bertz CT molecular complexity index is 517. The topological polar surface area (TPSA) is 78.9 Å². The first-order chi connectivity index (χ1) is 9.52. The smallest absolute Gasteiger partial charge is 0.494 e. The molecular weight excluding hydrogens is 313 g/mol. The van der Waals surface area contributed by atoms with Crippen LogP contribution in [0, 0.1) is 0 Å². The van der Waals surface area contributed by atoms with Crippen molar-refractivity contribution in [3.8, 4) is 5.75 Å². The Hall–Kier alpha value is -1.52. The maximum atomic E-state index is 10.7. The highest BCUT2D eigenvalue weighted by atomic mass is 32.2. The monoisotopic (exact) mass is 330 g/mol. The maximum absolute atomic E-state index is 10.7. The second kappa shape index (κ2) is 8.05. The molecule has 1 rings (SSSR count). The van der Waals surface area contributed by atoms with Crippen LogP contribution in [0.3, 0.4) is 0 Å². The van der Waals surface area contributed by atoms with E-state index in [0.29, 0.717) is 6.61 Å². The minimum Gasteiger partial charge on any atom is -0.494 e. The van der Waals surface area contributed by atoms with Crippen molar-refractivity contribution in [2.24, 2.45) is 0 Å². The highest BCUT2D eigenvalue weighted by Crippen LogP contribution is 2.20. The van der Waals surface area contributed by atoms with Crippen molar-refractivity contribution in [3.05, 3.63) is 24.3 Å². The summed E-state index contributed by atoms with van der Waals surface area (Å²) in [5.74, 6) is 0.913. The van der Waals surface area contributed by atoms with Crippen LogP contribution in [0.25, 0.3) is 0 Å². The summed E-state index contributed by atoms with van der Waals surface area (Å²) in [6, 6.07) is 7.96. The Morgan fingerprint density at radius 1 is 1.29 bits per heavy atom. The van der Waals surface area contributed by atoms with E-state index in [-0.39, 0.29) is 0 Å². The number of rotatable bonds is 4. The van der Waals surface area contributed by atoms with Crippen molar-refractivity contribution in [2.45, 2.75) is 12.4 Å². The van der Waals surface area contributed by atoms with Crippen LogP contribution < -0.4 is 15.2 Å². The molecule has 0 aliphatic carbocycles. The van der Waals surface area contributed by atoms with E-state index in [1.54, 1.807) is 0 Å². The van der Waals surface area contributed by atoms with Gasteiger partial charge in [0.2, 0.25) is 0 Å². The average molecular weight is 330 g/mol. The molecular formula is C11H17F3N2O4S. The number of anilines is 1. The van der Waals surface area contributed by atoms with Gasteiger partial charge in [-0.2, -0.15) is 21.6 Å². The van der Waals surface area contributed by atoms with E-state index in [1.165, 1.54) is 0 Å². The normalized spacial score (nSPS) is 11.4. The molecule has 0 spiro atoms. The summed E-state index contributed by atoms with van der Waals surface area (Å²) in [5, 5.41) is 1.94. The summed E-state index contributed by atoms with van der Waals surface area (Å²) in [7, 11) is -1.99. The van der Waals surface area contributed by atoms with Crippen LogP contribution in [0.4, 0.5) is 18.9 Å². The van der Waals surface area contributed by atoms with Crippen molar-refractivity contribution >= 4 is 15.8 Å². The molecule has 10 heteroatoms. The lowest BCUT2D eigenvalue weighted by atomic mass is 10.3. The lowest BCUT2D eigenvalue weighted by Gasteiger charge is -2.17. The lowest BCUT2D eigenvalue weighted by molar-refractivity contribution is -0.0510. The van der Waals surface area contributed by atoms with Crippen molar-refractivity contribution in [1.29, 1.82) is 0 Å². The van der Waals surface area contributed by atoms with E-state index in [9.17, 15) is 13.2 Å². The molecule has 0 saturated heterocycles. The highest BCUT2D eigenvalue weighted by molar-refractivity contribution is 7.86. The fourth-order valence-electron chi connectivity index (χ4n) is 1.06. The Kier molecular flexibility index (Phi) is 7.47. The van der Waals surface area contributed by atoms with Gasteiger partial charge in [0.25, 0.3) is 0 Å². The Labute approximate surface area is 121 Å². The van der Waals surface area contributed by atoms with Gasteiger partial charge in [0.1, 0.15) is 5.75 Å². The number of alkyl halides is 3. The van der Waals surface area contributed by atoms with Crippen LogP contribution >= 0.6 is 0 Å². The molecule has 0 amide bonds. The number of benzene rings is 1. The molecule has 0 aliphatic rings. The SMILES string of the molecule is CCOc1ccc(N(C)NC)cc1.O=S(=O)(O)C(F)(F)F. The first-order valence-corrected chi connectivity index (χ1v) is 7.14. The fourth-order valence-corrected chi connectivity index (χ4v) is 1.06. The van der Waals surface area contributed by atoms with Gasteiger partial charge in [-0.05, 0) is 31.2 Å². The molecule has 0 saturated carbocycles. The molecule has 6 nitrogen and oxygen atoms in total. The van der Waals surface area contributed by atoms with Crippen molar-refractivity contribution in [3.63, 3.8) is 0 Å². The predicted molar refractivity (Wildman–Crippen MR) is 72.7 cm³/mol. The van der Waals surface area contributed by atoms with Crippen LogP contribution in [0.2, 0.25) is 0 Å². The molecule has 0 aliphatic heterocycles. The molecule has 122 valence electrons. The summed E-state index contributed by atoms with van der Waals surface area (Å²) in [6.07, 6.45) is 0. The summed E-state index contributed by atoms with van der Waals surface area (Å²) in [4.78, 5) is 0. The number of halogens is 3. The van der Waals surface area contributed by atoms with E-state index in [4.69, 9.17) is 17.7 Å².